The van der Waals surface area contributed by atoms with Crippen molar-refractivity contribution in [1.29, 1.82) is 0 Å². The van der Waals surface area contributed by atoms with E-state index in [1.165, 1.54) is 0 Å². The Labute approximate surface area is 95.1 Å². The van der Waals surface area contributed by atoms with Gasteiger partial charge in [0.05, 0.1) is 27.9 Å². The third kappa shape index (κ3) is 2.67. The Hall–Kier alpha value is -1.68. The Morgan fingerprint density at radius 1 is 1.06 bits per heavy atom. The molecule has 0 aliphatic carbocycles. The summed E-state index contributed by atoms with van der Waals surface area (Å²) in [5.74, 6) is 1.75. The molecule has 0 aromatic heterocycles. The number of ether oxygens (including phenoxy) is 3. The maximum Gasteiger partial charge on any atom is 0.203 e. The highest BCUT2D eigenvalue weighted by Crippen LogP contribution is 2.38. The van der Waals surface area contributed by atoms with Gasteiger partial charge >= 0.3 is 0 Å². The first-order chi connectivity index (χ1) is 7.76. The van der Waals surface area contributed by atoms with Gasteiger partial charge in [0.25, 0.3) is 0 Å². The van der Waals surface area contributed by atoms with Gasteiger partial charge in [-0.05, 0) is 17.7 Å². The summed E-state index contributed by atoms with van der Waals surface area (Å²) in [7, 11) is 4.69. The number of benzene rings is 1. The molecule has 4 heteroatoms. The zero-order valence-corrected chi connectivity index (χ0v) is 9.69. The van der Waals surface area contributed by atoms with Crippen LogP contribution in [0.3, 0.4) is 0 Å². The number of aliphatic hydroxyl groups excluding tert-OH is 1. The van der Waals surface area contributed by atoms with E-state index in [1.807, 2.05) is 12.1 Å². The second-order valence-electron chi connectivity index (χ2n) is 3.04. The molecule has 1 N–H and O–H groups in total. The fourth-order valence-electron chi connectivity index (χ4n) is 1.39. The molecule has 16 heavy (non-hydrogen) atoms. The molecule has 1 aromatic carbocycles. The highest BCUT2D eigenvalue weighted by atomic mass is 16.5. The molecule has 4 nitrogen and oxygen atoms in total. The average molecular weight is 224 g/mol. The molecule has 1 aromatic rings. The lowest BCUT2D eigenvalue weighted by Crippen LogP contribution is -1.95. The van der Waals surface area contributed by atoms with E-state index in [-0.39, 0.29) is 6.61 Å². The zero-order valence-electron chi connectivity index (χ0n) is 9.69. The SMILES string of the molecule is COc1cc(/C=C/CO)cc(OC)c1OC. The van der Waals surface area contributed by atoms with Gasteiger partial charge in [-0.3, -0.25) is 0 Å². The Kier molecular flexibility index (Phi) is 4.66. The first-order valence-corrected chi connectivity index (χ1v) is 4.84. The number of rotatable bonds is 5. The van der Waals surface area contributed by atoms with Crippen molar-refractivity contribution in [3.63, 3.8) is 0 Å². The topological polar surface area (TPSA) is 47.9 Å². The summed E-state index contributed by atoms with van der Waals surface area (Å²) >= 11 is 0. The minimum atomic E-state index is -0.00331. The van der Waals surface area contributed by atoms with Crippen molar-refractivity contribution in [3.8, 4) is 17.2 Å². The quantitative estimate of drug-likeness (QED) is 0.827. The van der Waals surface area contributed by atoms with Crippen molar-refractivity contribution in [2.45, 2.75) is 0 Å². The Balaban J connectivity index is 3.20. The molecule has 0 heterocycles. The number of hydrogen-bond donors (Lipinski definition) is 1. The molecule has 0 fully saturated rings. The first-order valence-electron chi connectivity index (χ1n) is 4.84. The summed E-state index contributed by atoms with van der Waals surface area (Å²) in [5, 5.41) is 8.71. The van der Waals surface area contributed by atoms with Crippen LogP contribution in [0.5, 0.6) is 17.2 Å². The molecule has 1 rings (SSSR count). The molecular weight excluding hydrogens is 208 g/mol. The third-order valence-corrected chi connectivity index (χ3v) is 2.10. The van der Waals surface area contributed by atoms with E-state index in [0.29, 0.717) is 17.2 Å². The Morgan fingerprint density at radius 2 is 1.62 bits per heavy atom. The smallest absolute Gasteiger partial charge is 0.203 e. The first kappa shape index (κ1) is 12.4. The molecule has 0 spiro atoms. The molecule has 0 unspecified atom stereocenters. The lowest BCUT2D eigenvalue weighted by Gasteiger charge is -2.12. The average Bonchev–Trinajstić information content (AvgIpc) is 2.34. The minimum Gasteiger partial charge on any atom is -0.493 e. The molecule has 0 atom stereocenters. The van der Waals surface area contributed by atoms with Crippen LogP contribution in [0, 0.1) is 0 Å². The van der Waals surface area contributed by atoms with Crippen molar-refractivity contribution >= 4 is 6.08 Å². The third-order valence-electron chi connectivity index (χ3n) is 2.10. The summed E-state index contributed by atoms with van der Waals surface area (Å²) in [5.41, 5.74) is 0.878. The van der Waals surface area contributed by atoms with E-state index in [1.54, 1.807) is 33.5 Å². The predicted octanol–water partition coefficient (Wildman–Crippen LogP) is 1.72. The maximum atomic E-state index is 8.71. The van der Waals surface area contributed by atoms with Crippen LogP contribution in [0.1, 0.15) is 5.56 Å². The van der Waals surface area contributed by atoms with Crippen LogP contribution >= 0.6 is 0 Å². The van der Waals surface area contributed by atoms with Gasteiger partial charge in [-0.25, -0.2) is 0 Å². The highest BCUT2D eigenvalue weighted by Gasteiger charge is 2.11. The maximum absolute atomic E-state index is 8.71. The molecule has 88 valence electrons. The van der Waals surface area contributed by atoms with Crippen LogP contribution in [-0.2, 0) is 0 Å². The number of hydrogen-bond acceptors (Lipinski definition) is 4. The van der Waals surface area contributed by atoms with Gasteiger partial charge in [0, 0.05) is 0 Å². The summed E-state index contributed by atoms with van der Waals surface area (Å²) in [6.45, 7) is -0.00331. The van der Waals surface area contributed by atoms with Gasteiger partial charge in [0.2, 0.25) is 5.75 Å². The van der Waals surface area contributed by atoms with Crippen LogP contribution in [0.25, 0.3) is 6.08 Å². The summed E-state index contributed by atoms with van der Waals surface area (Å²) in [6, 6.07) is 3.63. The van der Waals surface area contributed by atoms with Crippen LogP contribution in [0.15, 0.2) is 18.2 Å². The lowest BCUT2D eigenvalue weighted by atomic mass is 10.1. The highest BCUT2D eigenvalue weighted by molar-refractivity contribution is 5.62. The minimum absolute atomic E-state index is 0.00331. The van der Waals surface area contributed by atoms with Crippen molar-refractivity contribution in [2.75, 3.05) is 27.9 Å². The normalized spacial score (nSPS) is 10.5. The van der Waals surface area contributed by atoms with Crippen molar-refractivity contribution in [3.05, 3.63) is 23.8 Å². The zero-order chi connectivity index (χ0) is 12.0. The molecule has 0 saturated carbocycles. The Morgan fingerprint density at radius 3 is 2.00 bits per heavy atom. The van der Waals surface area contributed by atoms with Gasteiger partial charge < -0.3 is 19.3 Å². The van der Waals surface area contributed by atoms with Crippen LogP contribution in [0.2, 0.25) is 0 Å². The van der Waals surface area contributed by atoms with Crippen LogP contribution in [-0.4, -0.2) is 33.0 Å². The van der Waals surface area contributed by atoms with Gasteiger partial charge in [-0.2, -0.15) is 0 Å². The van der Waals surface area contributed by atoms with Gasteiger partial charge in [0.1, 0.15) is 0 Å². The lowest BCUT2D eigenvalue weighted by molar-refractivity contribution is 0.324. The molecule has 0 aliphatic rings. The molecule has 0 saturated heterocycles. The van der Waals surface area contributed by atoms with E-state index in [4.69, 9.17) is 19.3 Å². The molecular formula is C12H16O4. The van der Waals surface area contributed by atoms with E-state index < -0.39 is 0 Å². The second-order valence-corrected chi connectivity index (χ2v) is 3.04. The van der Waals surface area contributed by atoms with Gasteiger partial charge in [-0.1, -0.05) is 12.2 Å². The second kappa shape index (κ2) is 6.02. The standard InChI is InChI=1S/C12H16O4/c1-14-10-7-9(5-4-6-13)8-11(15-2)12(10)16-3/h4-5,7-8,13H,6H2,1-3H3/b5-4+. The summed E-state index contributed by atoms with van der Waals surface area (Å²) < 4.78 is 15.6. The van der Waals surface area contributed by atoms with E-state index in [0.717, 1.165) is 5.56 Å². The number of aliphatic hydroxyl groups is 1. The largest absolute Gasteiger partial charge is 0.493 e. The van der Waals surface area contributed by atoms with E-state index in [2.05, 4.69) is 0 Å². The molecule has 0 amide bonds. The molecule has 0 bridgehead atoms. The summed E-state index contributed by atoms with van der Waals surface area (Å²) in [6.07, 6.45) is 3.42. The van der Waals surface area contributed by atoms with E-state index >= 15 is 0 Å². The van der Waals surface area contributed by atoms with Crippen molar-refractivity contribution in [2.24, 2.45) is 0 Å². The van der Waals surface area contributed by atoms with Gasteiger partial charge in [-0.15, -0.1) is 0 Å². The molecule has 0 radical (unpaired) electrons. The van der Waals surface area contributed by atoms with Crippen molar-refractivity contribution < 1.29 is 19.3 Å². The fraction of sp³-hybridized carbons (Fsp3) is 0.333. The molecule has 0 aliphatic heterocycles. The fourth-order valence-corrected chi connectivity index (χ4v) is 1.39. The van der Waals surface area contributed by atoms with Crippen LogP contribution < -0.4 is 14.2 Å². The van der Waals surface area contributed by atoms with Crippen LogP contribution in [0.4, 0.5) is 0 Å². The Bertz CT molecular complexity index is 346. The van der Waals surface area contributed by atoms with E-state index in [9.17, 15) is 0 Å². The van der Waals surface area contributed by atoms with Crippen molar-refractivity contribution in [1.82, 2.24) is 0 Å². The summed E-state index contributed by atoms with van der Waals surface area (Å²) in [4.78, 5) is 0. The van der Waals surface area contributed by atoms with Gasteiger partial charge in [0.15, 0.2) is 11.5 Å². The number of methoxy groups -OCH3 is 3. The predicted molar refractivity (Wildman–Crippen MR) is 62.2 cm³/mol. The monoisotopic (exact) mass is 224 g/mol.